The molecule has 0 spiro atoms. The van der Waals surface area contributed by atoms with Gasteiger partial charge in [0.25, 0.3) is 6.43 Å². The molecule has 0 aliphatic heterocycles. The third-order valence-electron chi connectivity index (χ3n) is 3.10. The van der Waals surface area contributed by atoms with Gasteiger partial charge in [0.2, 0.25) is 5.76 Å². The molecule has 1 aliphatic carbocycles. The standard InChI is InChI=1S/C12H12F2N4O/c13-11(14)10-4-7(18-19-10)5-15-12-8-2-1-3-9(8)16-6-17-12/h4,6,11H,1-3,5H2,(H,15,16,17). The molecule has 0 aromatic carbocycles. The fraction of sp³-hybridized carbons (Fsp3) is 0.417. The van der Waals surface area contributed by atoms with Crippen molar-refractivity contribution < 1.29 is 13.3 Å². The molecule has 19 heavy (non-hydrogen) atoms. The number of fused-ring (bicyclic) bond motifs is 1. The van der Waals surface area contributed by atoms with E-state index in [0.29, 0.717) is 12.2 Å². The molecule has 0 atom stereocenters. The van der Waals surface area contributed by atoms with E-state index in [-0.39, 0.29) is 0 Å². The minimum absolute atomic E-state index is 0.305. The van der Waals surface area contributed by atoms with Crippen LogP contribution in [0.3, 0.4) is 0 Å². The summed E-state index contributed by atoms with van der Waals surface area (Å²) in [7, 11) is 0. The van der Waals surface area contributed by atoms with E-state index in [1.165, 1.54) is 12.4 Å². The number of hydrogen-bond donors (Lipinski definition) is 1. The number of alkyl halides is 2. The van der Waals surface area contributed by atoms with Gasteiger partial charge in [0.15, 0.2) is 0 Å². The molecule has 100 valence electrons. The van der Waals surface area contributed by atoms with Gasteiger partial charge in [-0.3, -0.25) is 0 Å². The van der Waals surface area contributed by atoms with Crippen molar-refractivity contribution in [1.29, 1.82) is 0 Å². The summed E-state index contributed by atoms with van der Waals surface area (Å²) >= 11 is 0. The van der Waals surface area contributed by atoms with E-state index in [1.54, 1.807) is 0 Å². The second-order valence-corrected chi connectivity index (χ2v) is 4.38. The van der Waals surface area contributed by atoms with Crippen LogP contribution in [-0.2, 0) is 19.4 Å². The topological polar surface area (TPSA) is 63.8 Å². The molecular weight excluding hydrogens is 254 g/mol. The highest BCUT2D eigenvalue weighted by Crippen LogP contribution is 2.25. The van der Waals surface area contributed by atoms with Crippen molar-refractivity contribution in [1.82, 2.24) is 15.1 Å². The van der Waals surface area contributed by atoms with E-state index in [1.807, 2.05) is 0 Å². The third kappa shape index (κ3) is 2.40. The Balaban J connectivity index is 1.71. The van der Waals surface area contributed by atoms with Crippen molar-refractivity contribution >= 4 is 5.82 Å². The number of rotatable bonds is 4. The van der Waals surface area contributed by atoms with E-state index in [2.05, 4.69) is 25.0 Å². The predicted molar refractivity (Wildman–Crippen MR) is 62.8 cm³/mol. The SMILES string of the molecule is FC(F)c1cc(CNc2ncnc3c2CCC3)no1. The van der Waals surface area contributed by atoms with Crippen molar-refractivity contribution in [2.24, 2.45) is 0 Å². The maximum atomic E-state index is 12.3. The van der Waals surface area contributed by atoms with E-state index < -0.39 is 12.2 Å². The highest BCUT2D eigenvalue weighted by Gasteiger charge is 2.18. The van der Waals surface area contributed by atoms with Gasteiger partial charge >= 0.3 is 0 Å². The highest BCUT2D eigenvalue weighted by atomic mass is 19.3. The Labute approximate surface area is 108 Å². The first-order valence-electron chi connectivity index (χ1n) is 6.04. The summed E-state index contributed by atoms with van der Waals surface area (Å²) in [5.41, 5.74) is 2.60. The number of anilines is 1. The largest absolute Gasteiger partial charge is 0.364 e. The smallest absolute Gasteiger partial charge is 0.298 e. The maximum absolute atomic E-state index is 12.3. The normalized spacial score (nSPS) is 13.8. The molecule has 0 saturated carbocycles. The van der Waals surface area contributed by atoms with Gasteiger partial charge in [-0.25, -0.2) is 18.7 Å². The predicted octanol–water partition coefficient (Wildman–Crippen LogP) is 2.50. The zero-order chi connectivity index (χ0) is 13.2. The van der Waals surface area contributed by atoms with Crippen LogP contribution in [-0.4, -0.2) is 15.1 Å². The number of hydrogen-bond acceptors (Lipinski definition) is 5. The van der Waals surface area contributed by atoms with Gasteiger partial charge in [0, 0.05) is 17.3 Å². The average molecular weight is 266 g/mol. The van der Waals surface area contributed by atoms with E-state index in [4.69, 9.17) is 0 Å². The first kappa shape index (κ1) is 12.0. The van der Waals surface area contributed by atoms with E-state index >= 15 is 0 Å². The molecule has 0 unspecified atom stereocenters. The van der Waals surface area contributed by atoms with Crippen LogP contribution in [0.2, 0.25) is 0 Å². The molecule has 3 rings (SSSR count). The number of nitrogens with one attached hydrogen (secondary N) is 1. The summed E-state index contributed by atoms with van der Waals surface area (Å²) in [6.07, 6.45) is 1.86. The third-order valence-corrected chi connectivity index (χ3v) is 3.10. The number of aromatic nitrogens is 3. The second-order valence-electron chi connectivity index (χ2n) is 4.38. The van der Waals surface area contributed by atoms with E-state index in [0.717, 1.165) is 36.3 Å². The van der Waals surface area contributed by atoms with Gasteiger partial charge in [0.05, 0.1) is 6.54 Å². The number of nitrogens with zero attached hydrogens (tertiary/aromatic N) is 3. The minimum atomic E-state index is -2.63. The second kappa shape index (κ2) is 4.91. The maximum Gasteiger partial charge on any atom is 0.298 e. The van der Waals surface area contributed by atoms with Crippen LogP contribution in [0.5, 0.6) is 0 Å². The van der Waals surface area contributed by atoms with Gasteiger partial charge in [-0.1, -0.05) is 5.16 Å². The lowest BCUT2D eigenvalue weighted by atomic mass is 10.2. The zero-order valence-electron chi connectivity index (χ0n) is 10.1. The van der Waals surface area contributed by atoms with Crippen LogP contribution in [0, 0.1) is 0 Å². The highest BCUT2D eigenvalue weighted by molar-refractivity contribution is 5.48. The van der Waals surface area contributed by atoms with Gasteiger partial charge in [-0.15, -0.1) is 0 Å². The van der Waals surface area contributed by atoms with Crippen LogP contribution in [0.25, 0.3) is 0 Å². The van der Waals surface area contributed by atoms with Crippen LogP contribution >= 0.6 is 0 Å². The van der Waals surface area contributed by atoms with Crippen molar-refractivity contribution in [3.8, 4) is 0 Å². The molecule has 0 radical (unpaired) electrons. The Morgan fingerprint density at radius 1 is 1.32 bits per heavy atom. The molecule has 0 amide bonds. The molecule has 7 heteroatoms. The van der Waals surface area contributed by atoms with Gasteiger partial charge < -0.3 is 9.84 Å². The molecule has 5 nitrogen and oxygen atoms in total. The molecule has 2 heterocycles. The Morgan fingerprint density at radius 3 is 3.00 bits per heavy atom. The molecule has 2 aromatic rings. The molecule has 0 bridgehead atoms. The quantitative estimate of drug-likeness (QED) is 0.921. The van der Waals surface area contributed by atoms with Crippen LogP contribution in [0.1, 0.15) is 35.6 Å². The van der Waals surface area contributed by atoms with E-state index in [9.17, 15) is 8.78 Å². The Kier molecular flexibility index (Phi) is 3.10. The fourth-order valence-electron chi connectivity index (χ4n) is 2.20. The monoisotopic (exact) mass is 266 g/mol. The van der Waals surface area contributed by atoms with Crippen LogP contribution in [0.15, 0.2) is 16.9 Å². The summed E-state index contributed by atoms with van der Waals surface area (Å²) in [6.45, 7) is 0.305. The average Bonchev–Trinajstić information content (AvgIpc) is 3.05. The molecule has 0 fully saturated rings. The summed E-state index contributed by atoms with van der Waals surface area (Å²) in [5, 5.41) is 6.68. The Bertz CT molecular complexity index is 585. The molecule has 1 N–H and O–H groups in total. The van der Waals surface area contributed by atoms with Crippen molar-refractivity contribution in [2.45, 2.75) is 32.2 Å². The summed E-state index contributed by atoms with van der Waals surface area (Å²) in [5.74, 6) is 0.341. The number of aryl methyl sites for hydroxylation is 1. The lowest BCUT2D eigenvalue weighted by Crippen LogP contribution is -2.05. The van der Waals surface area contributed by atoms with Crippen molar-refractivity contribution in [3.63, 3.8) is 0 Å². The van der Waals surface area contributed by atoms with Crippen LogP contribution in [0.4, 0.5) is 14.6 Å². The van der Waals surface area contributed by atoms with Crippen molar-refractivity contribution in [3.05, 3.63) is 35.1 Å². The molecule has 0 saturated heterocycles. The van der Waals surface area contributed by atoms with Crippen LogP contribution < -0.4 is 5.32 Å². The lowest BCUT2D eigenvalue weighted by molar-refractivity contribution is 0.112. The molecule has 1 aliphatic rings. The van der Waals surface area contributed by atoms with Gasteiger partial charge in [0.1, 0.15) is 17.8 Å². The minimum Gasteiger partial charge on any atom is -0.364 e. The summed E-state index contributed by atoms with van der Waals surface area (Å²) in [6, 6.07) is 1.25. The van der Waals surface area contributed by atoms with Gasteiger partial charge in [-0.05, 0) is 19.3 Å². The first-order chi connectivity index (χ1) is 9.24. The van der Waals surface area contributed by atoms with Crippen molar-refractivity contribution in [2.75, 3.05) is 5.32 Å². The number of halogens is 2. The molecular formula is C12H12F2N4O. The zero-order valence-corrected chi connectivity index (χ0v) is 10.1. The first-order valence-corrected chi connectivity index (χ1v) is 6.04. The Hall–Kier alpha value is -2.05. The van der Waals surface area contributed by atoms with Gasteiger partial charge in [-0.2, -0.15) is 0 Å². The molecule has 2 aromatic heterocycles. The summed E-state index contributed by atoms with van der Waals surface area (Å²) < 4.78 is 29.2. The Morgan fingerprint density at radius 2 is 2.21 bits per heavy atom. The lowest BCUT2D eigenvalue weighted by Gasteiger charge is -2.07. The fourth-order valence-corrected chi connectivity index (χ4v) is 2.20. The summed E-state index contributed by atoms with van der Waals surface area (Å²) in [4.78, 5) is 8.40.